The molecule has 1 unspecified atom stereocenters. The zero-order chi connectivity index (χ0) is 24.9. The van der Waals surface area contributed by atoms with Crippen LogP contribution in [0.3, 0.4) is 0 Å². The molecule has 7 heteroatoms. The maximum atomic E-state index is 13.3. The van der Waals surface area contributed by atoms with Crippen LogP contribution in [-0.4, -0.2) is 42.3 Å². The number of fused-ring (bicyclic) bond motifs is 3. The summed E-state index contributed by atoms with van der Waals surface area (Å²) in [4.78, 5) is 39.0. The van der Waals surface area contributed by atoms with Crippen LogP contribution in [0.2, 0.25) is 0 Å². The summed E-state index contributed by atoms with van der Waals surface area (Å²) in [5.41, 5.74) is 5.89. The fourth-order valence-corrected chi connectivity index (χ4v) is 4.66. The molecule has 35 heavy (non-hydrogen) atoms. The van der Waals surface area contributed by atoms with Gasteiger partial charge in [-0.3, -0.25) is 9.59 Å². The van der Waals surface area contributed by atoms with Gasteiger partial charge in [0.2, 0.25) is 5.91 Å². The Balaban J connectivity index is 1.48. The highest BCUT2D eigenvalue weighted by Gasteiger charge is 2.32. The summed E-state index contributed by atoms with van der Waals surface area (Å²) < 4.78 is 5.53. The first-order chi connectivity index (χ1) is 16.9. The Labute approximate surface area is 204 Å². The van der Waals surface area contributed by atoms with Gasteiger partial charge in [-0.05, 0) is 47.7 Å². The lowest BCUT2D eigenvalue weighted by atomic mass is 9.98. The first-order valence-corrected chi connectivity index (χ1v) is 11.6. The monoisotopic (exact) mass is 472 g/mol. The molecule has 0 radical (unpaired) electrons. The molecule has 0 fully saturated rings. The van der Waals surface area contributed by atoms with Gasteiger partial charge in [0, 0.05) is 18.2 Å². The van der Waals surface area contributed by atoms with Crippen LogP contribution in [0, 0.1) is 6.92 Å². The number of anilines is 1. The molecule has 0 saturated carbocycles. The minimum atomic E-state index is -1.26. The Bertz CT molecular complexity index is 1210. The molecule has 7 nitrogen and oxygen atoms in total. The maximum Gasteiger partial charge on any atom is 0.407 e. The summed E-state index contributed by atoms with van der Waals surface area (Å²) >= 11 is 0. The van der Waals surface area contributed by atoms with E-state index in [1.54, 1.807) is 13.0 Å². The van der Waals surface area contributed by atoms with Crippen molar-refractivity contribution in [3.05, 3.63) is 89.5 Å². The Hall–Kier alpha value is -4.13. The summed E-state index contributed by atoms with van der Waals surface area (Å²) in [5, 5.41) is 11.9. The smallest absolute Gasteiger partial charge is 0.407 e. The third-order valence-electron chi connectivity index (χ3n) is 6.30. The van der Waals surface area contributed by atoms with Gasteiger partial charge in [-0.1, -0.05) is 66.7 Å². The van der Waals surface area contributed by atoms with Gasteiger partial charge in [0.25, 0.3) is 0 Å². The fourth-order valence-electron chi connectivity index (χ4n) is 4.66. The van der Waals surface area contributed by atoms with E-state index in [9.17, 15) is 19.5 Å². The lowest BCUT2D eigenvalue weighted by Crippen LogP contribution is -2.50. The number of hydrogen-bond acceptors (Lipinski definition) is 4. The standard InChI is InChI=1S/C28H28N2O5/c1-3-30(25-15-9-4-10-18(25)2)27(33)24(16-26(31)32)29-28(34)35-17-23-21-13-7-5-11-19(21)20-12-6-8-14-22(20)23/h4-15,23-24H,3,16-17H2,1-2H3,(H,29,34)(H,31,32). The number of para-hydroxylation sites is 1. The van der Waals surface area contributed by atoms with Crippen LogP contribution in [0.5, 0.6) is 0 Å². The van der Waals surface area contributed by atoms with Crippen LogP contribution in [0.1, 0.15) is 36.0 Å². The van der Waals surface area contributed by atoms with E-state index in [1.165, 1.54) is 4.90 Å². The molecule has 0 heterocycles. The van der Waals surface area contributed by atoms with Crippen LogP contribution in [0.15, 0.2) is 72.8 Å². The molecule has 180 valence electrons. The molecule has 1 aliphatic rings. The molecule has 0 spiro atoms. The number of alkyl carbamates (subject to hydrolysis) is 1. The number of nitrogens with one attached hydrogen (secondary N) is 1. The fraction of sp³-hybridized carbons (Fsp3) is 0.250. The number of carbonyl (C=O) groups excluding carboxylic acids is 2. The quantitative estimate of drug-likeness (QED) is 0.494. The largest absolute Gasteiger partial charge is 0.481 e. The van der Waals surface area contributed by atoms with E-state index in [4.69, 9.17) is 4.74 Å². The van der Waals surface area contributed by atoms with Gasteiger partial charge >= 0.3 is 12.1 Å². The number of aliphatic carboxylic acids is 1. The number of amides is 2. The molecular formula is C28H28N2O5. The van der Waals surface area contributed by atoms with Gasteiger partial charge in [0.1, 0.15) is 12.6 Å². The van der Waals surface area contributed by atoms with Crippen LogP contribution < -0.4 is 10.2 Å². The second-order valence-electron chi connectivity index (χ2n) is 8.49. The zero-order valence-corrected chi connectivity index (χ0v) is 19.7. The van der Waals surface area contributed by atoms with Crippen molar-refractivity contribution in [2.24, 2.45) is 0 Å². The molecule has 4 rings (SSSR count). The molecule has 0 bridgehead atoms. The van der Waals surface area contributed by atoms with Crippen molar-refractivity contribution in [2.75, 3.05) is 18.1 Å². The predicted octanol–water partition coefficient (Wildman–Crippen LogP) is 4.73. The van der Waals surface area contributed by atoms with Gasteiger partial charge in [-0.2, -0.15) is 0 Å². The number of ether oxygens (including phenoxy) is 1. The van der Waals surface area contributed by atoms with E-state index in [-0.39, 0.29) is 12.5 Å². The number of carbonyl (C=O) groups is 3. The topological polar surface area (TPSA) is 95.9 Å². The predicted molar refractivity (Wildman–Crippen MR) is 133 cm³/mol. The van der Waals surface area contributed by atoms with E-state index in [2.05, 4.69) is 5.32 Å². The molecule has 2 amide bonds. The third-order valence-corrected chi connectivity index (χ3v) is 6.30. The van der Waals surface area contributed by atoms with Crippen molar-refractivity contribution < 1.29 is 24.2 Å². The first kappa shape index (κ1) is 24.0. The van der Waals surface area contributed by atoms with E-state index >= 15 is 0 Å². The Morgan fingerprint density at radius 2 is 1.51 bits per heavy atom. The zero-order valence-electron chi connectivity index (χ0n) is 19.7. The summed E-state index contributed by atoms with van der Waals surface area (Å²) in [6.07, 6.45) is -1.38. The maximum absolute atomic E-state index is 13.3. The average molecular weight is 473 g/mol. The Morgan fingerprint density at radius 3 is 2.09 bits per heavy atom. The van der Waals surface area contributed by atoms with Gasteiger partial charge in [0.15, 0.2) is 0 Å². The molecule has 0 aromatic heterocycles. The molecule has 3 aromatic carbocycles. The van der Waals surface area contributed by atoms with E-state index in [1.807, 2.05) is 73.7 Å². The third kappa shape index (κ3) is 5.04. The number of rotatable bonds is 8. The van der Waals surface area contributed by atoms with Gasteiger partial charge < -0.3 is 20.1 Å². The minimum absolute atomic E-state index is 0.0725. The molecule has 3 aromatic rings. The van der Waals surface area contributed by atoms with E-state index in [0.29, 0.717) is 12.2 Å². The number of benzene rings is 3. The molecule has 1 atom stereocenters. The summed E-state index contributed by atoms with van der Waals surface area (Å²) in [7, 11) is 0. The Morgan fingerprint density at radius 1 is 0.943 bits per heavy atom. The summed E-state index contributed by atoms with van der Waals surface area (Å²) in [6, 6.07) is 22.0. The first-order valence-electron chi connectivity index (χ1n) is 11.6. The lowest BCUT2D eigenvalue weighted by Gasteiger charge is -2.27. The Kier molecular flexibility index (Phi) is 7.15. The summed E-state index contributed by atoms with van der Waals surface area (Å²) in [5.74, 6) is -1.83. The second kappa shape index (κ2) is 10.4. The normalized spacial score (nSPS) is 12.9. The van der Waals surface area contributed by atoms with Gasteiger partial charge in [-0.15, -0.1) is 0 Å². The van der Waals surface area contributed by atoms with Crippen LogP contribution in [0.25, 0.3) is 11.1 Å². The van der Waals surface area contributed by atoms with Gasteiger partial charge in [0.05, 0.1) is 6.42 Å². The highest BCUT2D eigenvalue weighted by Crippen LogP contribution is 2.44. The molecule has 0 saturated heterocycles. The van der Waals surface area contributed by atoms with Crippen molar-refractivity contribution in [1.29, 1.82) is 0 Å². The number of aryl methyl sites for hydroxylation is 1. The number of carboxylic acids is 1. The number of nitrogens with zero attached hydrogens (tertiary/aromatic N) is 1. The lowest BCUT2D eigenvalue weighted by molar-refractivity contribution is -0.139. The molecule has 0 aliphatic heterocycles. The van der Waals surface area contributed by atoms with Crippen molar-refractivity contribution >= 4 is 23.7 Å². The van der Waals surface area contributed by atoms with Crippen molar-refractivity contribution in [3.8, 4) is 11.1 Å². The van der Waals surface area contributed by atoms with Crippen LogP contribution in [0.4, 0.5) is 10.5 Å². The number of carboxylic acid groups (broad SMARTS) is 1. The number of likely N-dealkylation sites (N-methyl/N-ethyl adjacent to an activating group) is 1. The van der Waals surface area contributed by atoms with Crippen molar-refractivity contribution in [3.63, 3.8) is 0 Å². The van der Waals surface area contributed by atoms with Crippen molar-refractivity contribution in [1.82, 2.24) is 5.32 Å². The van der Waals surface area contributed by atoms with E-state index < -0.39 is 30.4 Å². The highest BCUT2D eigenvalue weighted by atomic mass is 16.5. The SMILES string of the molecule is CCN(C(=O)C(CC(=O)O)NC(=O)OCC1c2ccccc2-c2ccccc21)c1ccccc1C. The van der Waals surface area contributed by atoms with Crippen molar-refractivity contribution in [2.45, 2.75) is 32.2 Å². The molecule has 1 aliphatic carbocycles. The average Bonchev–Trinajstić information content (AvgIpc) is 3.17. The summed E-state index contributed by atoms with van der Waals surface area (Å²) in [6.45, 7) is 4.07. The van der Waals surface area contributed by atoms with E-state index in [0.717, 1.165) is 27.8 Å². The molecule has 2 N–H and O–H groups in total. The van der Waals surface area contributed by atoms with Crippen LogP contribution in [-0.2, 0) is 14.3 Å². The van der Waals surface area contributed by atoms with Gasteiger partial charge in [-0.25, -0.2) is 4.79 Å². The molecular weight excluding hydrogens is 444 g/mol. The minimum Gasteiger partial charge on any atom is -0.481 e. The highest BCUT2D eigenvalue weighted by molar-refractivity contribution is 6.00. The number of hydrogen-bond donors (Lipinski definition) is 2. The van der Waals surface area contributed by atoms with Crippen LogP contribution >= 0.6 is 0 Å². The second-order valence-corrected chi connectivity index (χ2v) is 8.49.